The van der Waals surface area contributed by atoms with Gasteiger partial charge in [0, 0.05) is 13.1 Å². The fraction of sp³-hybridized carbons (Fsp3) is 0.500. The second kappa shape index (κ2) is 4.49. The summed E-state index contributed by atoms with van der Waals surface area (Å²) in [7, 11) is 0. The quantitative estimate of drug-likeness (QED) is 0.808. The maximum Gasteiger partial charge on any atom is 0.225 e. The molecule has 1 heterocycles. The number of hydrogen-bond acceptors (Lipinski definition) is 2. The number of hydrogen-bond donors (Lipinski definition) is 1. The van der Waals surface area contributed by atoms with Crippen LogP contribution >= 0.6 is 0 Å². The third-order valence-corrected chi connectivity index (χ3v) is 3.51. The van der Waals surface area contributed by atoms with E-state index in [9.17, 15) is 4.79 Å². The van der Waals surface area contributed by atoms with Crippen molar-refractivity contribution < 1.29 is 4.79 Å². The van der Waals surface area contributed by atoms with Gasteiger partial charge in [-0.2, -0.15) is 0 Å². The van der Waals surface area contributed by atoms with Gasteiger partial charge in [0.2, 0.25) is 5.91 Å². The number of carbonyl (C=O) groups is 1. The van der Waals surface area contributed by atoms with Gasteiger partial charge in [-0.1, -0.05) is 17.7 Å². The van der Waals surface area contributed by atoms with Gasteiger partial charge in [0.1, 0.15) is 0 Å². The van der Waals surface area contributed by atoms with Gasteiger partial charge in [0.05, 0.1) is 12.5 Å². The Morgan fingerprint density at radius 2 is 1.88 bits per heavy atom. The molecule has 1 amide bonds. The van der Waals surface area contributed by atoms with Gasteiger partial charge < -0.3 is 10.6 Å². The number of benzene rings is 1. The van der Waals surface area contributed by atoms with Crippen LogP contribution in [0.2, 0.25) is 0 Å². The van der Waals surface area contributed by atoms with Gasteiger partial charge in [-0.25, -0.2) is 0 Å². The smallest absolute Gasteiger partial charge is 0.225 e. The molecule has 2 rings (SSSR count). The van der Waals surface area contributed by atoms with Crippen molar-refractivity contribution in [1.82, 2.24) is 4.90 Å². The van der Waals surface area contributed by atoms with Gasteiger partial charge in [0.25, 0.3) is 0 Å². The number of β-lactam (4-membered cyclic amide) rings is 1. The lowest BCUT2D eigenvalue weighted by atomic mass is 9.86. The first-order valence-corrected chi connectivity index (χ1v) is 6.12. The van der Waals surface area contributed by atoms with E-state index in [-0.39, 0.29) is 11.9 Å². The standard InChI is InChI=1S/C14H20N2O/c1-9-6-10(2)14(11(3)7-9)12-8-13(17)16(12)5-4-15/h6-7,12H,4-5,8,15H2,1-3H3. The van der Waals surface area contributed by atoms with Crippen molar-refractivity contribution in [2.24, 2.45) is 5.73 Å². The van der Waals surface area contributed by atoms with Crippen LogP contribution in [0.3, 0.4) is 0 Å². The molecular formula is C14H20N2O. The monoisotopic (exact) mass is 232 g/mol. The Morgan fingerprint density at radius 1 is 1.29 bits per heavy atom. The average Bonchev–Trinajstić information content (AvgIpc) is 2.23. The van der Waals surface area contributed by atoms with Gasteiger partial charge in [-0.05, 0) is 37.5 Å². The maximum absolute atomic E-state index is 11.6. The number of aryl methyl sites for hydroxylation is 3. The molecule has 3 nitrogen and oxygen atoms in total. The first-order valence-electron chi connectivity index (χ1n) is 6.12. The minimum absolute atomic E-state index is 0.222. The highest BCUT2D eigenvalue weighted by Crippen LogP contribution is 2.37. The van der Waals surface area contributed by atoms with Crippen molar-refractivity contribution >= 4 is 5.91 Å². The molecule has 0 spiro atoms. The Morgan fingerprint density at radius 3 is 2.35 bits per heavy atom. The normalized spacial score (nSPS) is 19.4. The maximum atomic E-state index is 11.6. The minimum atomic E-state index is 0.222. The summed E-state index contributed by atoms with van der Waals surface area (Å²) < 4.78 is 0. The zero-order valence-corrected chi connectivity index (χ0v) is 10.8. The molecule has 0 aliphatic carbocycles. The van der Waals surface area contributed by atoms with Crippen molar-refractivity contribution in [3.63, 3.8) is 0 Å². The molecule has 1 aliphatic heterocycles. The van der Waals surface area contributed by atoms with Crippen LogP contribution < -0.4 is 5.73 Å². The van der Waals surface area contributed by atoms with Gasteiger partial charge in [-0.3, -0.25) is 4.79 Å². The number of amides is 1. The molecular weight excluding hydrogens is 212 g/mol. The number of rotatable bonds is 3. The van der Waals surface area contributed by atoms with Gasteiger partial charge >= 0.3 is 0 Å². The minimum Gasteiger partial charge on any atom is -0.334 e. The van der Waals surface area contributed by atoms with Crippen LogP contribution in [-0.4, -0.2) is 23.9 Å². The number of likely N-dealkylation sites (tertiary alicyclic amines) is 1. The van der Waals surface area contributed by atoms with E-state index in [4.69, 9.17) is 5.73 Å². The lowest BCUT2D eigenvalue weighted by Gasteiger charge is -2.42. The van der Waals surface area contributed by atoms with E-state index in [0.29, 0.717) is 19.5 Å². The predicted octanol–water partition coefficient (Wildman–Crippen LogP) is 1.84. The predicted molar refractivity (Wildman–Crippen MR) is 68.8 cm³/mol. The molecule has 0 radical (unpaired) electrons. The highest BCUT2D eigenvalue weighted by atomic mass is 16.2. The largest absolute Gasteiger partial charge is 0.334 e. The van der Waals surface area contributed by atoms with Crippen molar-refractivity contribution in [3.8, 4) is 0 Å². The molecule has 0 saturated carbocycles. The summed E-state index contributed by atoms with van der Waals surface area (Å²) in [6.07, 6.45) is 0.630. The van der Waals surface area contributed by atoms with Crippen LogP contribution in [0, 0.1) is 20.8 Å². The van der Waals surface area contributed by atoms with Crippen LogP contribution in [0.4, 0.5) is 0 Å². The molecule has 1 saturated heterocycles. The summed E-state index contributed by atoms with van der Waals surface area (Å²) in [5, 5.41) is 0. The number of nitrogens with zero attached hydrogens (tertiary/aromatic N) is 1. The summed E-state index contributed by atoms with van der Waals surface area (Å²) in [4.78, 5) is 13.5. The summed E-state index contributed by atoms with van der Waals surface area (Å²) in [5.41, 5.74) is 10.7. The van der Waals surface area contributed by atoms with Crippen LogP contribution in [0.5, 0.6) is 0 Å². The Hall–Kier alpha value is -1.35. The molecule has 3 heteroatoms. The van der Waals surface area contributed by atoms with E-state index in [1.165, 1.54) is 22.3 Å². The second-order valence-electron chi connectivity index (χ2n) is 4.91. The van der Waals surface area contributed by atoms with E-state index in [1.807, 2.05) is 4.90 Å². The van der Waals surface area contributed by atoms with Gasteiger partial charge in [-0.15, -0.1) is 0 Å². The Balaban J connectivity index is 2.32. The lowest BCUT2D eigenvalue weighted by molar-refractivity contribution is -0.146. The third kappa shape index (κ3) is 2.07. The zero-order chi connectivity index (χ0) is 12.6. The zero-order valence-electron chi connectivity index (χ0n) is 10.8. The topological polar surface area (TPSA) is 46.3 Å². The molecule has 1 aromatic rings. The molecule has 1 atom stereocenters. The van der Waals surface area contributed by atoms with E-state index in [2.05, 4.69) is 32.9 Å². The molecule has 92 valence electrons. The number of nitrogens with two attached hydrogens (primary N) is 1. The lowest BCUT2D eigenvalue weighted by Crippen LogP contribution is -2.48. The van der Waals surface area contributed by atoms with Crippen molar-refractivity contribution in [2.75, 3.05) is 13.1 Å². The average molecular weight is 232 g/mol. The molecule has 1 fully saturated rings. The molecule has 0 aromatic heterocycles. The molecule has 0 bridgehead atoms. The van der Waals surface area contributed by atoms with Crippen molar-refractivity contribution in [2.45, 2.75) is 33.2 Å². The van der Waals surface area contributed by atoms with Crippen LogP contribution in [-0.2, 0) is 4.79 Å². The van der Waals surface area contributed by atoms with E-state index < -0.39 is 0 Å². The summed E-state index contributed by atoms with van der Waals surface area (Å²) in [5.74, 6) is 0.222. The molecule has 1 aromatic carbocycles. The molecule has 1 unspecified atom stereocenters. The van der Waals surface area contributed by atoms with Crippen LogP contribution in [0.25, 0.3) is 0 Å². The van der Waals surface area contributed by atoms with Crippen LogP contribution in [0.1, 0.15) is 34.7 Å². The van der Waals surface area contributed by atoms with Crippen molar-refractivity contribution in [3.05, 3.63) is 34.4 Å². The third-order valence-electron chi connectivity index (χ3n) is 3.51. The van der Waals surface area contributed by atoms with Crippen LogP contribution in [0.15, 0.2) is 12.1 Å². The van der Waals surface area contributed by atoms with E-state index in [0.717, 1.165) is 0 Å². The summed E-state index contributed by atoms with van der Waals surface area (Å²) in [6.45, 7) is 7.55. The first kappa shape index (κ1) is 12.1. The Kier molecular flexibility index (Phi) is 3.20. The molecule has 2 N–H and O–H groups in total. The second-order valence-corrected chi connectivity index (χ2v) is 4.91. The van der Waals surface area contributed by atoms with Crippen molar-refractivity contribution in [1.29, 1.82) is 0 Å². The SMILES string of the molecule is Cc1cc(C)c(C2CC(=O)N2CCN)c(C)c1. The highest BCUT2D eigenvalue weighted by Gasteiger charge is 2.37. The fourth-order valence-electron chi connectivity index (χ4n) is 2.85. The summed E-state index contributed by atoms with van der Waals surface area (Å²) >= 11 is 0. The Labute approximate surface area is 103 Å². The number of carbonyl (C=O) groups excluding carboxylic acids is 1. The van der Waals surface area contributed by atoms with E-state index >= 15 is 0 Å². The molecule has 17 heavy (non-hydrogen) atoms. The van der Waals surface area contributed by atoms with E-state index in [1.54, 1.807) is 0 Å². The molecule has 1 aliphatic rings. The fourth-order valence-corrected chi connectivity index (χ4v) is 2.85. The Bertz CT molecular complexity index is 431. The van der Waals surface area contributed by atoms with Gasteiger partial charge in [0.15, 0.2) is 0 Å². The highest BCUT2D eigenvalue weighted by molar-refractivity contribution is 5.84. The first-order chi connectivity index (χ1) is 8.04. The summed E-state index contributed by atoms with van der Waals surface area (Å²) in [6, 6.07) is 4.61.